The van der Waals surface area contributed by atoms with E-state index in [1.807, 2.05) is 24.3 Å². The van der Waals surface area contributed by atoms with Gasteiger partial charge >= 0.3 is 0 Å². The maximum atomic E-state index is 9.25. The van der Waals surface area contributed by atoms with Crippen LogP contribution in [0.5, 0.6) is 0 Å². The van der Waals surface area contributed by atoms with Crippen LogP contribution in [0.3, 0.4) is 0 Å². The molecule has 0 bridgehead atoms. The number of nitriles is 1. The molecule has 0 saturated heterocycles. The number of rotatable bonds is 4. The number of benzene rings is 1. The lowest BCUT2D eigenvalue weighted by molar-refractivity contribution is 0.952. The van der Waals surface area contributed by atoms with Gasteiger partial charge in [0.05, 0.1) is 16.8 Å². The maximum Gasteiger partial charge on any atom is 0.181 e. The van der Waals surface area contributed by atoms with Crippen LogP contribution >= 0.6 is 34.9 Å². The third kappa shape index (κ3) is 3.20. The van der Waals surface area contributed by atoms with Crippen LogP contribution in [0.25, 0.3) is 11.0 Å². The molecule has 3 aromatic rings. The van der Waals surface area contributed by atoms with Gasteiger partial charge in [0.15, 0.2) is 14.4 Å². The van der Waals surface area contributed by atoms with Crippen LogP contribution in [-0.2, 0) is 0 Å². The van der Waals surface area contributed by atoms with Crippen molar-refractivity contribution >= 4 is 45.9 Å². The summed E-state index contributed by atoms with van der Waals surface area (Å²) in [6.45, 7) is 0. The summed E-state index contributed by atoms with van der Waals surface area (Å²) in [6, 6.07) is 9.52. The maximum absolute atomic E-state index is 9.25. The zero-order valence-electron chi connectivity index (χ0n) is 11.1. The van der Waals surface area contributed by atoms with Crippen molar-refractivity contribution in [3.05, 3.63) is 30.0 Å². The molecule has 5 nitrogen and oxygen atoms in total. The van der Waals surface area contributed by atoms with E-state index in [4.69, 9.17) is 6.42 Å². The van der Waals surface area contributed by atoms with Gasteiger partial charge in [0, 0.05) is 0 Å². The Morgan fingerprint density at radius 1 is 1.14 bits per heavy atom. The number of thioether (sulfide) groups is 1. The molecule has 0 aliphatic carbocycles. The summed E-state index contributed by atoms with van der Waals surface area (Å²) in [5, 5.41) is 17.9. The van der Waals surface area contributed by atoms with Crippen LogP contribution in [0.2, 0.25) is 0 Å². The van der Waals surface area contributed by atoms with Crippen molar-refractivity contribution in [1.29, 1.82) is 5.26 Å². The third-order valence-electron chi connectivity index (χ3n) is 2.50. The second-order valence-corrected chi connectivity index (χ2v) is 7.34. The van der Waals surface area contributed by atoms with Crippen LogP contribution in [0.4, 0.5) is 0 Å². The Morgan fingerprint density at radius 2 is 1.86 bits per heavy atom. The van der Waals surface area contributed by atoms with Gasteiger partial charge in [0.1, 0.15) is 11.1 Å². The zero-order valence-corrected chi connectivity index (χ0v) is 13.5. The van der Waals surface area contributed by atoms with E-state index in [9.17, 15) is 5.26 Å². The minimum atomic E-state index is 0.289. The van der Waals surface area contributed by atoms with Gasteiger partial charge in [-0.1, -0.05) is 41.2 Å². The fourth-order valence-corrected chi connectivity index (χ4v) is 4.26. The molecule has 8 heteroatoms. The van der Waals surface area contributed by atoms with Gasteiger partial charge in [-0.3, -0.25) is 0 Å². The van der Waals surface area contributed by atoms with E-state index in [1.165, 1.54) is 34.9 Å². The lowest BCUT2D eigenvalue weighted by Gasteiger charge is -2.02. The Kier molecular flexibility index (Phi) is 4.54. The fraction of sp³-hybridized carbons (Fsp3) is 0.0714. The van der Waals surface area contributed by atoms with Gasteiger partial charge in [-0.2, -0.15) is 5.26 Å². The van der Waals surface area contributed by atoms with E-state index < -0.39 is 0 Å². The highest BCUT2D eigenvalue weighted by Gasteiger charge is 2.13. The van der Waals surface area contributed by atoms with Gasteiger partial charge in [0.2, 0.25) is 0 Å². The number of hydrogen-bond acceptors (Lipinski definition) is 8. The minimum Gasteiger partial charge on any atom is -0.236 e. The molecule has 22 heavy (non-hydrogen) atoms. The first kappa shape index (κ1) is 14.8. The zero-order chi connectivity index (χ0) is 15.4. The highest BCUT2D eigenvalue weighted by molar-refractivity contribution is 8.03. The Bertz CT molecular complexity index is 907. The third-order valence-corrected chi connectivity index (χ3v) is 5.49. The average molecular weight is 341 g/mol. The van der Waals surface area contributed by atoms with Crippen molar-refractivity contribution < 1.29 is 0 Å². The summed E-state index contributed by atoms with van der Waals surface area (Å²) < 4.78 is 1.51. The van der Waals surface area contributed by atoms with E-state index in [0.29, 0.717) is 20.6 Å². The Balaban J connectivity index is 1.91. The first-order valence-corrected chi connectivity index (χ1v) is 8.66. The van der Waals surface area contributed by atoms with E-state index in [0.717, 1.165) is 9.86 Å². The molecule has 0 atom stereocenters. The molecule has 0 N–H and O–H groups in total. The quantitative estimate of drug-likeness (QED) is 0.532. The van der Waals surface area contributed by atoms with Crippen molar-refractivity contribution in [3.63, 3.8) is 0 Å². The van der Waals surface area contributed by atoms with Gasteiger partial charge in [0.25, 0.3) is 0 Å². The Hall–Kier alpha value is -2.13. The van der Waals surface area contributed by atoms with Gasteiger partial charge < -0.3 is 0 Å². The molecular weight excluding hydrogens is 334 g/mol. The first-order chi connectivity index (χ1) is 10.8. The molecule has 2 aromatic heterocycles. The second-order valence-electron chi connectivity index (χ2n) is 3.91. The summed E-state index contributed by atoms with van der Waals surface area (Å²) >= 11 is 4.17. The number of nitrogens with zero attached hydrogens (tertiary/aromatic N) is 5. The molecule has 0 fully saturated rings. The van der Waals surface area contributed by atoms with Crippen LogP contribution in [0.15, 0.2) is 38.0 Å². The summed E-state index contributed by atoms with van der Waals surface area (Å²) in [4.78, 5) is 8.82. The molecule has 3 rings (SSSR count). The molecule has 0 spiro atoms. The van der Waals surface area contributed by atoms with Crippen molar-refractivity contribution in [2.45, 2.75) is 13.7 Å². The monoisotopic (exact) mass is 341 g/mol. The highest BCUT2D eigenvalue weighted by atomic mass is 32.2. The van der Waals surface area contributed by atoms with Gasteiger partial charge in [-0.15, -0.1) is 16.6 Å². The number of hydrogen-bond donors (Lipinski definition) is 0. The standard InChI is InChI=1S/C14H7N5S3/c1-2-7-20-13-18-19-14(22-13)21-12-11(8-15)16-9-5-3-4-6-10(9)17-12/h1,3-6H,7H2. The van der Waals surface area contributed by atoms with Crippen molar-refractivity contribution in [3.8, 4) is 18.4 Å². The second kappa shape index (κ2) is 6.75. The molecule has 106 valence electrons. The normalized spacial score (nSPS) is 10.3. The molecule has 0 saturated carbocycles. The molecule has 0 radical (unpaired) electrons. The molecule has 2 heterocycles. The van der Waals surface area contributed by atoms with Crippen LogP contribution in [0, 0.1) is 23.7 Å². The topological polar surface area (TPSA) is 75.3 Å². The van der Waals surface area contributed by atoms with E-state index in [-0.39, 0.29) is 5.69 Å². The molecule has 0 unspecified atom stereocenters. The summed E-state index contributed by atoms with van der Waals surface area (Å²) in [5.74, 6) is 3.10. The van der Waals surface area contributed by atoms with E-state index in [2.05, 4.69) is 32.2 Å². The van der Waals surface area contributed by atoms with Crippen molar-refractivity contribution in [1.82, 2.24) is 20.2 Å². The molecule has 0 amide bonds. The molecule has 1 aromatic carbocycles. The summed E-state index contributed by atoms with van der Waals surface area (Å²) in [6.07, 6.45) is 5.22. The summed E-state index contributed by atoms with van der Waals surface area (Å²) in [5.41, 5.74) is 1.73. The van der Waals surface area contributed by atoms with Crippen LogP contribution in [0.1, 0.15) is 5.69 Å². The summed E-state index contributed by atoms with van der Waals surface area (Å²) in [7, 11) is 0. The van der Waals surface area contributed by atoms with Gasteiger partial charge in [-0.05, 0) is 23.9 Å². The predicted octanol–water partition coefficient (Wildman–Crippen LogP) is 3.23. The number of terminal acetylenes is 1. The predicted molar refractivity (Wildman–Crippen MR) is 87.8 cm³/mol. The number of aromatic nitrogens is 4. The minimum absolute atomic E-state index is 0.289. The van der Waals surface area contributed by atoms with Gasteiger partial charge in [-0.25, -0.2) is 9.97 Å². The first-order valence-electron chi connectivity index (χ1n) is 6.04. The fourth-order valence-electron chi connectivity index (χ4n) is 1.61. The van der Waals surface area contributed by atoms with Crippen molar-refractivity contribution in [2.24, 2.45) is 0 Å². The molecule has 0 aliphatic rings. The van der Waals surface area contributed by atoms with E-state index in [1.54, 1.807) is 0 Å². The van der Waals surface area contributed by atoms with Crippen LogP contribution < -0.4 is 0 Å². The highest BCUT2D eigenvalue weighted by Crippen LogP contribution is 2.34. The number of para-hydroxylation sites is 2. The lowest BCUT2D eigenvalue weighted by Crippen LogP contribution is -1.93. The van der Waals surface area contributed by atoms with Crippen molar-refractivity contribution in [2.75, 3.05) is 5.75 Å². The SMILES string of the molecule is C#CCSc1nnc(Sc2nc3ccccc3nc2C#N)s1. The Labute approximate surface area is 139 Å². The lowest BCUT2D eigenvalue weighted by atomic mass is 10.3. The number of fused-ring (bicyclic) bond motifs is 1. The molecule has 0 aliphatic heterocycles. The smallest absolute Gasteiger partial charge is 0.181 e. The molecular formula is C14H7N5S3. The average Bonchev–Trinajstić information content (AvgIpc) is 2.99. The van der Waals surface area contributed by atoms with E-state index >= 15 is 0 Å². The Morgan fingerprint density at radius 3 is 2.59 bits per heavy atom. The van der Waals surface area contributed by atoms with Crippen LogP contribution in [-0.4, -0.2) is 25.9 Å². The largest absolute Gasteiger partial charge is 0.236 e.